The predicted molar refractivity (Wildman–Crippen MR) is 92.8 cm³/mol. The van der Waals surface area contributed by atoms with E-state index in [0.29, 0.717) is 22.4 Å². The summed E-state index contributed by atoms with van der Waals surface area (Å²) in [4.78, 5) is 11.1. The number of aliphatic hydroxyl groups is 1. The molecule has 1 amide bonds. The second-order valence-corrected chi connectivity index (χ2v) is 7.61. The van der Waals surface area contributed by atoms with Gasteiger partial charge in [-0.1, -0.05) is 24.3 Å². The van der Waals surface area contributed by atoms with Gasteiger partial charge in [-0.2, -0.15) is 0 Å². The SMILES string of the molecule is CC(=O)Nc1ccc(-c2cccc(C(C)(C)O)c2)c(S(N)(=O)=O)c1. The minimum atomic E-state index is -4.00. The molecule has 0 saturated carbocycles. The zero-order chi connectivity index (χ0) is 18.1. The topological polar surface area (TPSA) is 109 Å². The first kappa shape index (κ1) is 18.1. The summed E-state index contributed by atoms with van der Waals surface area (Å²) in [6, 6.07) is 11.4. The van der Waals surface area contributed by atoms with Crippen molar-refractivity contribution in [1.82, 2.24) is 0 Å². The van der Waals surface area contributed by atoms with E-state index in [1.165, 1.54) is 13.0 Å². The van der Waals surface area contributed by atoms with Crippen LogP contribution in [0.4, 0.5) is 5.69 Å². The van der Waals surface area contributed by atoms with Gasteiger partial charge >= 0.3 is 0 Å². The van der Waals surface area contributed by atoms with Gasteiger partial charge in [0, 0.05) is 18.2 Å². The molecule has 0 fully saturated rings. The van der Waals surface area contributed by atoms with Gasteiger partial charge in [0.15, 0.2) is 0 Å². The highest BCUT2D eigenvalue weighted by Gasteiger charge is 2.20. The number of rotatable bonds is 4. The van der Waals surface area contributed by atoms with Crippen molar-refractivity contribution in [3.8, 4) is 11.1 Å². The molecule has 0 spiro atoms. The van der Waals surface area contributed by atoms with E-state index in [1.807, 2.05) is 0 Å². The Morgan fingerprint density at radius 1 is 1.17 bits per heavy atom. The Bertz CT molecular complexity index is 884. The summed E-state index contributed by atoms with van der Waals surface area (Å²) >= 11 is 0. The van der Waals surface area contributed by atoms with Crippen molar-refractivity contribution in [2.45, 2.75) is 31.3 Å². The summed E-state index contributed by atoms with van der Waals surface area (Å²) in [6.07, 6.45) is 0. The van der Waals surface area contributed by atoms with E-state index in [4.69, 9.17) is 5.14 Å². The molecule has 0 aliphatic rings. The van der Waals surface area contributed by atoms with Crippen molar-refractivity contribution in [2.75, 3.05) is 5.32 Å². The second kappa shape index (κ2) is 6.35. The number of nitrogens with one attached hydrogen (secondary N) is 1. The van der Waals surface area contributed by atoms with Crippen molar-refractivity contribution < 1.29 is 18.3 Å². The van der Waals surface area contributed by atoms with Crippen LogP contribution in [0.5, 0.6) is 0 Å². The van der Waals surface area contributed by atoms with E-state index >= 15 is 0 Å². The minimum absolute atomic E-state index is 0.0957. The maximum Gasteiger partial charge on any atom is 0.238 e. The quantitative estimate of drug-likeness (QED) is 0.786. The molecule has 0 unspecified atom stereocenters. The van der Waals surface area contributed by atoms with E-state index in [2.05, 4.69) is 5.32 Å². The highest BCUT2D eigenvalue weighted by atomic mass is 32.2. The van der Waals surface area contributed by atoms with Crippen LogP contribution in [0.2, 0.25) is 0 Å². The van der Waals surface area contributed by atoms with Gasteiger partial charge in [0.05, 0.1) is 10.5 Å². The summed E-state index contributed by atoms with van der Waals surface area (Å²) in [5, 5.41) is 18.0. The summed E-state index contributed by atoms with van der Waals surface area (Å²) < 4.78 is 23.9. The first-order valence-electron chi connectivity index (χ1n) is 7.26. The molecule has 0 saturated heterocycles. The summed E-state index contributed by atoms with van der Waals surface area (Å²) in [5.41, 5.74) is 0.930. The van der Waals surface area contributed by atoms with Crippen LogP contribution in [0.3, 0.4) is 0 Å². The summed E-state index contributed by atoms with van der Waals surface area (Å²) in [6.45, 7) is 4.62. The fourth-order valence-corrected chi connectivity index (χ4v) is 3.13. The van der Waals surface area contributed by atoms with Crippen LogP contribution >= 0.6 is 0 Å². The zero-order valence-corrected chi connectivity index (χ0v) is 14.5. The van der Waals surface area contributed by atoms with Crippen molar-refractivity contribution in [3.05, 3.63) is 48.0 Å². The molecule has 0 atom stereocenters. The molecule has 6 nitrogen and oxygen atoms in total. The number of hydrogen-bond donors (Lipinski definition) is 3. The van der Waals surface area contributed by atoms with E-state index in [-0.39, 0.29) is 10.8 Å². The first-order chi connectivity index (χ1) is 11.0. The number of benzene rings is 2. The van der Waals surface area contributed by atoms with Gasteiger partial charge in [-0.25, -0.2) is 13.6 Å². The van der Waals surface area contributed by atoms with Crippen LogP contribution in [-0.2, 0) is 20.4 Å². The lowest BCUT2D eigenvalue weighted by Crippen LogP contribution is -2.16. The number of anilines is 1. The normalized spacial score (nSPS) is 12.0. The fraction of sp³-hybridized carbons (Fsp3) is 0.235. The van der Waals surface area contributed by atoms with Crippen LogP contribution in [0.25, 0.3) is 11.1 Å². The number of nitrogens with two attached hydrogens (primary N) is 1. The minimum Gasteiger partial charge on any atom is -0.386 e. The van der Waals surface area contributed by atoms with Crippen molar-refractivity contribution in [1.29, 1.82) is 0 Å². The molecule has 0 aliphatic heterocycles. The standard InChI is InChI=1S/C17H20N2O4S/c1-11(20)19-14-7-8-15(16(10-14)24(18,22)23)12-5-4-6-13(9-12)17(2,3)21/h4-10,21H,1-3H3,(H,19,20)(H2,18,22,23). The Kier molecular flexibility index (Phi) is 4.80. The smallest absolute Gasteiger partial charge is 0.238 e. The molecule has 2 aromatic carbocycles. The zero-order valence-electron chi connectivity index (χ0n) is 13.7. The van der Waals surface area contributed by atoms with Gasteiger partial charge in [-0.05, 0) is 43.2 Å². The molecule has 0 aromatic heterocycles. The average Bonchev–Trinajstić information content (AvgIpc) is 2.45. The van der Waals surface area contributed by atoms with Gasteiger partial charge in [-0.15, -0.1) is 0 Å². The third kappa shape index (κ3) is 4.19. The number of amides is 1. The molecule has 4 N–H and O–H groups in total. The fourth-order valence-electron chi connectivity index (χ4n) is 2.34. The Labute approximate surface area is 141 Å². The molecule has 0 bridgehead atoms. The van der Waals surface area contributed by atoms with Crippen LogP contribution in [0.1, 0.15) is 26.3 Å². The van der Waals surface area contributed by atoms with Gasteiger partial charge in [-0.3, -0.25) is 4.79 Å². The van der Waals surface area contributed by atoms with E-state index < -0.39 is 15.6 Å². The molecular weight excluding hydrogens is 328 g/mol. The molecular formula is C17H20N2O4S. The predicted octanol–water partition coefficient (Wildman–Crippen LogP) is 2.19. The molecule has 0 radical (unpaired) electrons. The lowest BCUT2D eigenvalue weighted by molar-refractivity contribution is -0.114. The Morgan fingerprint density at radius 2 is 1.83 bits per heavy atom. The molecule has 0 heterocycles. The maximum atomic E-state index is 12.0. The highest BCUT2D eigenvalue weighted by molar-refractivity contribution is 7.89. The molecule has 2 aromatic rings. The number of carbonyl (C=O) groups is 1. The van der Waals surface area contributed by atoms with Gasteiger partial charge in [0.2, 0.25) is 15.9 Å². The van der Waals surface area contributed by atoms with Crippen LogP contribution < -0.4 is 10.5 Å². The van der Waals surface area contributed by atoms with Crippen molar-refractivity contribution in [2.24, 2.45) is 5.14 Å². The molecule has 0 aliphatic carbocycles. The Morgan fingerprint density at radius 3 is 2.38 bits per heavy atom. The molecule has 2 rings (SSSR count). The molecule has 24 heavy (non-hydrogen) atoms. The number of hydrogen-bond acceptors (Lipinski definition) is 4. The molecule has 128 valence electrons. The number of sulfonamides is 1. The van der Waals surface area contributed by atoms with Crippen LogP contribution in [0.15, 0.2) is 47.4 Å². The van der Waals surface area contributed by atoms with Crippen molar-refractivity contribution in [3.63, 3.8) is 0 Å². The summed E-state index contributed by atoms with van der Waals surface area (Å²) in [7, 11) is -4.00. The van der Waals surface area contributed by atoms with Crippen LogP contribution in [-0.4, -0.2) is 19.4 Å². The molecule has 7 heteroatoms. The third-order valence-electron chi connectivity index (χ3n) is 3.49. The Balaban J connectivity index is 2.64. The Hall–Kier alpha value is -2.22. The monoisotopic (exact) mass is 348 g/mol. The third-order valence-corrected chi connectivity index (χ3v) is 4.44. The van der Waals surface area contributed by atoms with E-state index in [0.717, 1.165) is 0 Å². The van der Waals surface area contributed by atoms with Crippen molar-refractivity contribution >= 4 is 21.6 Å². The van der Waals surface area contributed by atoms with Gasteiger partial charge in [0.25, 0.3) is 0 Å². The highest BCUT2D eigenvalue weighted by Crippen LogP contribution is 2.32. The largest absolute Gasteiger partial charge is 0.386 e. The lowest BCUT2D eigenvalue weighted by Gasteiger charge is -2.19. The van der Waals surface area contributed by atoms with Gasteiger partial charge in [0.1, 0.15) is 0 Å². The van der Waals surface area contributed by atoms with Crippen LogP contribution in [0, 0.1) is 0 Å². The maximum absolute atomic E-state index is 12.0. The number of carbonyl (C=O) groups excluding carboxylic acids is 1. The summed E-state index contributed by atoms with van der Waals surface area (Å²) in [5.74, 6) is -0.313. The van der Waals surface area contributed by atoms with E-state index in [1.54, 1.807) is 50.2 Å². The number of primary sulfonamides is 1. The first-order valence-corrected chi connectivity index (χ1v) is 8.81. The van der Waals surface area contributed by atoms with Gasteiger partial charge < -0.3 is 10.4 Å². The van der Waals surface area contributed by atoms with E-state index in [9.17, 15) is 18.3 Å². The lowest BCUT2D eigenvalue weighted by atomic mass is 9.94. The second-order valence-electron chi connectivity index (χ2n) is 6.08. The average molecular weight is 348 g/mol.